The second-order valence-electron chi connectivity index (χ2n) is 7.24. The summed E-state index contributed by atoms with van der Waals surface area (Å²) in [5.74, 6) is 0. The molecule has 0 amide bonds. The molecule has 6 aromatic heterocycles. The molecule has 0 aliphatic carbocycles. The van der Waals surface area contributed by atoms with E-state index in [4.69, 9.17) is 10.7 Å². The number of fused-ring (bicyclic) bond motifs is 2. The molecule has 0 bridgehead atoms. The fourth-order valence-electron chi connectivity index (χ4n) is 3.79. The van der Waals surface area contributed by atoms with Crippen LogP contribution in [0.4, 0.5) is 5.69 Å². The number of pyridine rings is 4. The maximum Gasteiger partial charge on any atom is 0.135 e. The number of aromatic nitrogens is 7. The third-order valence-corrected chi connectivity index (χ3v) is 5.25. The Morgan fingerprint density at radius 3 is 2.52 bits per heavy atom. The zero-order valence-corrected chi connectivity index (χ0v) is 16.2. The third kappa shape index (κ3) is 2.89. The Morgan fingerprint density at radius 2 is 1.65 bits per heavy atom. The molecule has 8 nitrogen and oxygen atoms in total. The number of anilines is 1. The van der Waals surface area contributed by atoms with Crippen molar-refractivity contribution in [3.63, 3.8) is 0 Å². The molecule has 4 N–H and O–H groups in total. The van der Waals surface area contributed by atoms with E-state index in [0.29, 0.717) is 5.69 Å². The van der Waals surface area contributed by atoms with Crippen molar-refractivity contribution in [2.75, 3.05) is 5.73 Å². The van der Waals surface area contributed by atoms with Gasteiger partial charge in [-0.2, -0.15) is 5.10 Å². The van der Waals surface area contributed by atoms with E-state index in [-0.39, 0.29) is 0 Å². The minimum absolute atomic E-state index is 0.596. The fraction of sp³-hybridized carbons (Fsp3) is 0. The summed E-state index contributed by atoms with van der Waals surface area (Å²) in [5, 5.41) is 8.66. The molecular weight excluding hydrogens is 388 g/mol. The van der Waals surface area contributed by atoms with Gasteiger partial charge in [-0.1, -0.05) is 0 Å². The molecule has 0 radical (unpaired) electrons. The van der Waals surface area contributed by atoms with Crippen LogP contribution in [0.25, 0.3) is 55.7 Å². The standard InChI is InChI=1S/C23H16N8/c24-15-7-14(9-26-10-15)18-1-2-19-22(29-18)23(31-30-19)20-8-16-17(11-27-12-21(16)28-20)13-3-5-25-6-4-13/h1-12,28H,24H2,(H,30,31). The summed E-state index contributed by atoms with van der Waals surface area (Å²) < 4.78 is 0. The summed E-state index contributed by atoms with van der Waals surface area (Å²) in [4.78, 5) is 20.9. The van der Waals surface area contributed by atoms with E-state index < -0.39 is 0 Å². The number of nitrogen functional groups attached to an aromatic ring is 1. The highest BCUT2D eigenvalue weighted by Gasteiger charge is 2.15. The topological polar surface area (TPSA) is 122 Å². The van der Waals surface area contributed by atoms with E-state index >= 15 is 0 Å². The van der Waals surface area contributed by atoms with Crippen LogP contribution in [-0.4, -0.2) is 35.1 Å². The van der Waals surface area contributed by atoms with Gasteiger partial charge in [0.1, 0.15) is 11.2 Å². The molecule has 0 aromatic carbocycles. The van der Waals surface area contributed by atoms with Crippen LogP contribution in [0.3, 0.4) is 0 Å². The lowest BCUT2D eigenvalue weighted by molar-refractivity contribution is 1.12. The van der Waals surface area contributed by atoms with Crippen LogP contribution in [0.15, 0.2) is 73.6 Å². The van der Waals surface area contributed by atoms with Crippen molar-refractivity contribution in [1.29, 1.82) is 0 Å². The Labute approximate surface area is 176 Å². The molecule has 6 aromatic rings. The van der Waals surface area contributed by atoms with Crippen LogP contribution in [0, 0.1) is 0 Å². The van der Waals surface area contributed by atoms with Gasteiger partial charge >= 0.3 is 0 Å². The molecule has 0 unspecified atom stereocenters. The van der Waals surface area contributed by atoms with Crippen LogP contribution < -0.4 is 5.73 Å². The van der Waals surface area contributed by atoms with E-state index in [2.05, 4.69) is 36.2 Å². The van der Waals surface area contributed by atoms with Crippen molar-refractivity contribution in [1.82, 2.24) is 35.1 Å². The van der Waals surface area contributed by atoms with Crippen molar-refractivity contribution < 1.29 is 0 Å². The van der Waals surface area contributed by atoms with Crippen LogP contribution in [0.5, 0.6) is 0 Å². The fourth-order valence-corrected chi connectivity index (χ4v) is 3.79. The first-order valence-corrected chi connectivity index (χ1v) is 9.70. The number of aromatic amines is 2. The molecule has 31 heavy (non-hydrogen) atoms. The second kappa shape index (κ2) is 6.74. The van der Waals surface area contributed by atoms with Gasteiger partial charge in [-0.05, 0) is 42.0 Å². The first-order valence-electron chi connectivity index (χ1n) is 9.70. The Balaban J connectivity index is 1.51. The predicted molar refractivity (Wildman–Crippen MR) is 120 cm³/mol. The van der Waals surface area contributed by atoms with Crippen molar-refractivity contribution >= 4 is 27.6 Å². The molecule has 148 valence electrons. The molecule has 0 aliphatic rings. The zero-order valence-electron chi connectivity index (χ0n) is 16.2. The molecule has 0 saturated heterocycles. The van der Waals surface area contributed by atoms with Crippen LogP contribution in [0.1, 0.15) is 0 Å². The summed E-state index contributed by atoms with van der Waals surface area (Å²) in [6, 6.07) is 11.8. The largest absolute Gasteiger partial charge is 0.397 e. The van der Waals surface area contributed by atoms with E-state index in [1.807, 2.05) is 42.7 Å². The van der Waals surface area contributed by atoms with Crippen molar-refractivity contribution in [2.24, 2.45) is 0 Å². The Hall–Kier alpha value is -4.59. The maximum absolute atomic E-state index is 5.89. The van der Waals surface area contributed by atoms with Gasteiger partial charge in [0.15, 0.2) is 0 Å². The lowest BCUT2D eigenvalue weighted by Crippen LogP contribution is -1.90. The molecule has 6 rings (SSSR count). The Bertz CT molecular complexity index is 1550. The van der Waals surface area contributed by atoms with Crippen molar-refractivity contribution in [2.45, 2.75) is 0 Å². The van der Waals surface area contributed by atoms with E-state index in [9.17, 15) is 0 Å². The molecule has 8 heteroatoms. The minimum Gasteiger partial charge on any atom is -0.397 e. The number of hydrogen-bond acceptors (Lipinski definition) is 6. The average molecular weight is 404 g/mol. The summed E-state index contributed by atoms with van der Waals surface area (Å²) in [7, 11) is 0. The van der Waals surface area contributed by atoms with Gasteiger partial charge in [0.2, 0.25) is 0 Å². The highest BCUT2D eigenvalue weighted by molar-refractivity contribution is 5.99. The average Bonchev–Trinajstić information content (AvgIpc) is 3.43. The Kier molecular flexibility index (Phi) is 3.76. The van der Waals surface area contributed by atoms with E-state index in [1.54, 1.807) is 24.8 Å². The number of rotatable bonds is 3. The predicted octanol–water partition coefficient (Wildman–Crippen LogP) is 4.21. The van der Waals surface area contributed by atoms with Gasteiger partial charge in [-0.25, -0.2) is 4.98 Å². The molecule has 0 fully saturated rings. The second-order valence-corrected chi connectivity index (χ2v) is 7.24. The van der Waals surface area contributed by atoms with Crippen molar-refractivity contribution in [3.8, 4) is 33.8 Å². The molecule has 6 heterocycles. The highest BCUT2D eigenvalue weighted by Crippen LogP contribution is 2.33. The third-order valence-electron chi connectivity index (χ3n) is 5.25. The number of nitrogens with one attached hydrogen (secondary N) is 2. The number of nitrogens with two attached hydrogens (primary N) is 1. The Morgan fingerprint density at radius 1 is 0.774 bits per heavy atom. The van der Waals surface area contributed by atoms with Crippen LogP contribution in [-0.2, 0) is 0 Å². The SMILES string of the molecule is Nc1cncc(-c2ccc3[nH]nc(-c4cc5c(-c6ccncc6)cncc5[nH]4)c3n2)c1. The van der Waals surface area contributed by atoms with E-state index in [0.717, 1.165) is 55.7 Å². The maximum atomic E-state index is 5.89. The monoisotopic (exact) mass is 404 g/mol. The van der Waals surface area contributed by atoms with Gasteiger partial charge in [-0.15, -0.1) is 0 Å². The molecule has 0 atom stereocenters. The van der Waals surface area contributed by atoms with Gasteiger partial charge in [0, 0.05) is 47.5 Å². The molecular formula is C23H16N8. The number of H-pyrrole nitrogens is 2. The summed E-state index contributed by atoms with van der Waals surface area (Å²) in [6.45, 7) is 0. The smallest absolute Gasteiger partial charge is 0.135 e. The van der Waals surface area contributed by atoms with Gasteiger partial charge < -0.3 is 10.7 Å². The molecule has 0 aliphatic heterocycles. The first-order chi connectivity index (χ1) is 15.3. The quantitative estimate of drug-likeness (QED) is 0.406. The van der Waals surface area contributed by atoms with Crippen LogP contribution >= 0.6 is 0 Å². The molecule has 0 saturated carbocycles. The van der Waals surface area contributed by atoms with Gasteiger partial charge in [-0.3, -0.25) is 20.1 Å². The van der Waals surface area contributed by atoms with E-state index in [1.165, 1.54) is 0 Å². The summed E-state index contributed by atoms with van der Waals surface area (Å²) in [6.07, 6.45) is 10.6. The van der Waals surface area contributed by atoms with Crippen molar-refractivity contribution in [3.05, 3.63) is 73.6 Å². The minimum atomic E-state index is 0.596. The zero-order chi connectivity index (χ0) is 20.8. The summed E-state index contributed by atoms with van der Waals surface area (Å²) >= 11 is 0. The lowest BCUT2D eigenvalue weighted by atomic mass is 10.1. The summed E-state index contributed by atoms with van der Waals surface area (Å²) in [5.41, 5.74) is 14.4. The number of nitrogens with zero attached hydrogens (tertiary/aromatic N) is 5. The first kappa shape index (κ1) is 17.3. The highest BCUT2D eigenvalue weighted by atomic mass is 15.1. The van der Waals surface area contributed by atoms with Gasteiger partial charge in [0.25, 0.3) is 0 Å². The lowest BCUT2D eigenvalue weighted by Gasteiger charge is -2.02. The van der Waals surface area contributed by atoms with Gasteiger partial charge in [0.05, 0.1) is 34.3 Å². The number of hydrogen-bond donors (Lipinski definition) is 3. The normalized spacial score (nSPS) is 11.4. The molecule has 0 spiro atoms. The van der Waals surface area contributed by atoms with Crippen LogP contribution in [0.2, 0.25) is 0 Å².